The molecule has 0 aliphatic carbocycles. The highest BCUT2D eigenvalue weighted by Crippen LogP contribution is 2.36. The van der Waals surface area contributed by atoms with Crippen LogP contribution in [0.2, 0.25) is 0 Å². The quantitative estimate of drug-likeness (QED) is 0.741. The van der Waals surface area contributed by atoms with Crippen LogP contribution in [0.3, 0.4) is 0 Å². The smallest absolute Gasteiger partial charge is 0.320 e. The van der Waals surface area contributed by atoms with Gasteiger partial charge in [-0.25, -0.2) is 0 Å². The first-order valence-corrected chi connectivity index (χ1v) is 6.22. The van der Waals surface area contributed by atoms with E-state index in [9.17, 15) is 13.2 Å². The van der Waals surface area contributed by atoms with Crippen molar-refractivity contribution in [2.24, 2.45) is 0 Å². The average molecular weight is 267 g/mol. The molecule has 102 valence electrons. The largest absolute Gasteiger partial charge is 0.418 e. The number of rotatable bonds is 3. The van der Waals surface area contributed by atoms with Gasteiger partial charge in [0.2, 0.25) is 0 Å². The first kappa shape index (κ1) is 13.7. The molecule has 0 fully saturated rings. The fourth-order valence-corrected chi connectivity index (χ4v) is 2.33. The predicted molar refractivity (Wildman–Crippen MR) is 71.1 cm³/mol. The van der Waals surface area contributed by atoms with E-state index in [0.717, 1.165) is 24.6 Å². The second-order valence-corrected chi connectivity index (χ2v) is 4.72. The van der Waals surface area contributed by atoms with Gasteiger partial charge in [0.05, 0.1) is 11.1 Å². The summed E-state index contributed by atoms with van der Waals surface area (Å²) in [6, 6.07) is 4.38. The summed E-state index contributed by atoms with van der Waals surface area (Å²) in [5.74, 6) is 0. The van der Waals surface area contributed by atoms with Crippen LogP contribution in [0.5, 0.6) is 0 Å². The van der Waals surface area contributed by atoms with Gasteiger partial charge in [0.25, 0.3) is 0 Å². The van der Waals surface area contributed by atoms with E-state index in [1.807, 2.05) is 13.0 Å². The molecular formula is C15H16F3N. The van der Waals surface area contributed by atoms with Gasteiger partial charge in [-0.1, -0.05) is 19.9 Å². The molecule has 0 spiro atoms. The molecule has 4 heteroatoms. The minimum absolute atomic E-state index is 0.214. The van der Waals surface area contributed by atoms with Crippen LogP contribution in [0.1, 0.15) is 37.1 Å². The number of aromatic nitrogens is 1. The molecule has 2 aromatic heterocycles. The Morgan fingerprint density at radius 2 is 2.05 bits per heavy atom. The van der Waals surface area contributed by atoms with E-state index in [0.29, 0.717) is 11.1 Å². The zero-order valence-corrected chi connectivity index (χ0v) is 11.0. The van der Waals surface area contributed by atoms with Crippen molar-refractivity contribution in [2.75, 3.05) is 0 Å². The number of aryl methyl sites for hydroxylation is 1. The standard InChI is InChI=1S/C15H16F3N/c1-4-6-11-9-12(10(2)3)14-13(15(16,17)18)7-5-8-19(11)14/h5,7-9H,2,4,6H2,1,3H3. The van der Waals surface area contributed by atoms with Gasteiger partial charge in [0, 0.05) is 17.5 Å². The molecule has 0 saturated carbocycles. The zero-order chi connectivity index (χ0) is 14.2. The summed E-state index contributed by atoms with van der Waals surface area (Å²) in [5.41, 5.74) is 1.73. The molecule has 0 radical (unpaired) electrons. The Morgan fingerprint density at radius 1 is 1.37 bits per heavy atom. The Kier molecular flexibility index (Phi) is 3.43. The molecule has 0 aliphatic heterocycles. The van der Waals surface area contributed by atoms with Crippen LogP contribution < -0.4 is 0 Å². The minimum atomic E-state index is -4.35. The predicted octanol–water partition coefficient (Wildman–Crippen LogP) is 4.94. The SMILES string of the molecule is C=C(C)c1cc(CCC)n2cccc(C(F)(F)F)c12. The second kappa shape index (κ2) is 4.76. The van der Waals surface area contributed by atoms with Crippen LogP contribution in [0.4, 0.5) is 13.2 Å². The van der Waals surface area contributed by atoms with Crippen molar-refractivity contribution in [1.82, 2.24) is 4.40 Å². The third-order valence-electron chi connectivity index (χ3n) is 3.14. The maximum absolute atomic E-state index is 13.1. The third-order valence-corrected chi connectivity index (χ3v) is 3.14. The normalized spacial score (nSPS) is 12.1. The first-order valence-electron chi connectivity index (χ1n) is 6.22. The fraction of sp³-hybridized carbons (Fsp3) is 0.333. The summed E-state index contributed by atoms with van der Waals surface area (Å²) in [5, 5.41) is 0. The van der Waals surface area contributed by atoms with E-state index < -0.39 is 11.7 Å². The van der Waals surface area contributed by atoms with Crippen molar-refractivity contribution < 1.29 is 13.2 Å². The molecule has 0 atom stereocenters. The molecule has 0 aromatic carbocycles. The van der Waals surface area contributed by atoms with Crippen LogP contribution in [0.15, 0.2) is 31.0 Å². The van der Waals surface area contributed by atoms with Crippen LogP contribution in [0, 0.1) is 0 Å². The average Bonchev–Trinajstić information content (AvgIpc) is 2.67. The van der Waals surface area contributed by atoms with Crippen LogP contribution >= 0.6 is 0 Å². The van der Waals surface area contributed by atoms with Crippen molar-refractivity contribution >= 4 is 11.1 Å². The summed E-state index contributed by atoms with van der Waals surface area (Å²) < 4.78 is 41.0. The van der Waals surface area contributed by atoms with Gasteiger partial charge in [-0.3, -0.25) is 0 Å². The molecule has 2 rings (SSSR count). The van der Waals surface area contributed by atoms with Crippen molar-refractivity contribution in [3.8, 4) is 0 Å². The number of alkyl halides is 3. The Morgan fingerprint density at radius 3 is 2.58 bits per heavy atom. The molecular weight excluding hydrogens is 251 g/mol. The molecule has 0 aliphatic rings. The lowest BCUT2D eigenvalue weighted by Gasteiger charge is -2.11. The minimum Gasteiger partial charge on any atom is -0.320 e. The molecule has 2 heterocycles. The van der Waals surface area contributed by atoms with Gasteiger partial charge >= 0.3 is 6.18 Å². The molecule has 0 bridgehead atoms. The lowest BCUT2D eigenvalue weighted by Crippen LogP contribution is -2.08. The van der Waals surface area contributed by atoms with Gasteiger partial charge in [-0.05, 0) is 37.1 Å². The van der Waals surface area contributed by atoms with Crippen LogP contribution in [-0.4, -0.2) is 4.40 Å². The maximum Gasteiger partial charge on any atom is 0.418 e. The first-order chi connectivity index (χ1) is 8.86. The van der Waals surface area contributed by atoms with Gasteiger partial charge in [0.15, 0.2) is 0 Å². The Labute approximate surface area is 110 Å². The van der Waals surface area contributed by atoms with Crippen molar-refractivity contribution in [3.63, 3.8) is 0 Å². The summed E-state index contributed by atoms with van der Waals surface area (Å²) in [6.45, 7) is 7.53. The van der Waals surface area contributed by atoms with E-state index in [-0.39, 0.29) is 5.52 Å². The highest BCUT2D eigenvalue weighted by molar-refractivity contribution is 5.80. The third kappa shape index (κ3) is 2.39. The Hall–Kier alpha value is -1.71. The number of hydrogen-bond donors (Lipinski definition) is 0. The number of allylic oxidation sites excluding steroid dienone is 1. The molecule has 19 heavy (non-hydrogen) atoms. The topological polar surface area (TPSA) is 4.41 Å². The van der Waals surface area contributed by atoms with Gasteiger partial charge < -0.3 is 4.40 Å². The van der Waals surface area contributed by atoms with Crippen molar-refractivity contribution in [3.05, 3.63) is 47.8 Å². The highest BCUT2D eigenvalue weighted by atomic mass is 19.4. The summed E-state index contributed by atoms with van der Waals surface area (Å²) in [6.07, 6.45) is -1.04. The van der Waals surface area contributed by atoms with Crippen LogP contribution in [-0.2, 0) is 12.6 Å². The van der Waals surface area contributed by atoms with Crippen LogP contribution in [0.25, 0.3) is 11.1 Å². The molecule has 0 amide bonds. The Balaban J connectivity index is 2.83. The lowest BCUT2D eigenvalue weighted by atomic mass is 10.1. The second-order valence-electron chi connectivity index (χ2n) is 4.72. The maximum atomic E-state index is 13.1. The molecule has 0 saturated heterocycles. The number of nitrogens with zero attached hydrogens (tertiary/aromatic N) is 1. The van der Waals surface area contributed by atoms with Gasteiger partial charge in [0.1, 0.15) is 0 Å². The number of pyridine rings is 1. The van der Waals surface area contributed by atoms with E-state index in [1.54, 1.807) is 17.5 Å². The number of hydrogen-bond acceptors (Lipinski definition) is 0. The fourth-order valence-electron chi connectivity index (χ4n) is 2.33. The van der Waals surface area contributed by atoms with Gasteiger partial charge in [-0.15, -0.1) is 0 Å². The Bertz CT molecular complexity index is 620. The lowest BCUT2D eigenvalue weighted by molar-refractivity contribution is -0.136. The van der Waals surface area contributed by atoms with Gasteiger partial charge in [-0.2, -0.15) is 13.2 Å². The summed E-state index contributed by atoms with van der Waals surface area (Å²) in [4.78, 5) is 0. The van der Waals surface area contributed by atoms with E-state index in [2.05, 4.69) is 6.58 Å². The summed E-state index contributed by atoms with van der Waals surface area (Å²) in [7, 11) is 0. The number of halogens is 3. The molecule has 1 nitrogen and oxygen atoms in total. The van der Waals surface area contributed by atoms with E-state index >= 15 is 0 Å². The van der Waals surface area contributed by atoms with Crippen molar-refractivity contribution in [1.29, 1.82) is 0 Å². The zero-order valence-electron chi connectivity index (χ0n) is 11.0. The summed E-state index contributed by atoms with van der Waals surface area (Å²) >= 11 is 0. The highest BCUT2D eigenvalue weighted by Gasteiger charge is 2.34. The number of fused-ring (bicyclic) bond motifs is 1. The molecule has 2 aromatic rings. The van der Waals surface area contributed by atoms with E-state index in [1.165, 1.54) is 6.07 Å². The molecule has 0 unspecified atom stereocenters. The molecule has 0 N–H and O–H groups in total. The monoisotopic (exact) mass is 267 g/mol. The van der Waals surface area contributed by atoms with Crippen molar-refractivity contribution in [2.45, 2.75) is 32.9 Å². The van der Waals surface area contributed by atoms with E-state index in [4.69, 9.17) is 0 Å².